The van der Waals surface area contributed by atoms with Gasteiger partial charge in [0.25, 0.3) is 5.91 Å². The van der Waals surface area contributed by atoms with Gasteiger partial charge in [-0.2, -0.15) is 0 Å². The van der Waals surface area contributed by atoms with E-state index in [9.17, 15) is 14.0 Å². The van der Waals surface area contributed by atoms with E-state index >= 15 is 0 Å². The molecule has 0 fully saturated rings. The minimum absolute atomic E-state index is 0.404. The van der Waals surface area contributed by atoms with E-state index in [0.29, 0.717) is 10.7 Å². The summed E-state index contributed by atoms with van der Waals surface area (Å²) in [4.78, 5) is 23.7. The molecule has 0 spiro atoms. The summed E-state index contributed by atoms with van der Waals surface area (Å²) in [5.74, 6) is -1.57. The number of benzene rings is 2. The Hall–Kier alpha value is -2.66. The van der Waals surface area contributed by atoms with Gasteiger partial charge < -0.3 is 10.1 Å². The fraction of sp³-hybridized carbons (Fsp3) is 0.111. The Labute approximate surface area is 143 Å². The van der Waals surface area contributed by atoms with Gasteiger partial charge in [-0.3, -0.25) is 4.79 Å². The van der Waals surface area contributed by atoms with Gasteiger partial charge in [-0.05, 0) is 55.0 Å². The van der Waals surface area contributed by atoms with Crippen LogP contribution >= 0.6 is 11.6 Å². The Balaban J connectivity index is 1.88. The van der Waals surface area contributed by atoms with Gasteiger partial charge in [0.1, 0.15) is 5.82 Å². The fourth-order valence-corrected chi connectivity index (χ4v) is 2.02. The molecule has 0 aromatic heterocycles. The van der Waals surface area contributed by atoms with Crippen molar-refractivity contribution in [2.45, 2.75) is 13.0 Å². The van der Waals surface area contributed by atoms with Crippen LogP contribution in [0.3, 0.4) is 0 Å². The van der Waals surface area contributed by atoms with Crippen molar-refractivity contribution in [3.63, 3.8) is 0 Å². The third-order valence-corrected chi connectivity index (χ3v) is 3.27. The Bertz CT molecular complexity index is 759. The molecule has 1 atom stereocenters. The number of carbonyl (C=O) groups excluding carboxylic acids is 2. The van der Waals surface area contributed by atoms with Gasteiger partial charge in [-0.1, -0.05) is 23.7 Å². The summed E-state index contributed by atoms with van der Waals surface area (Å²) in [6.45, 7) is 1.45. The van der Waals surface area contributed by atoms with E-state index < -0.39 is 23.8 Å². The summed E-state index contributed by atoms with van der Waals surface area (Å²) in [7, 11) is 0. The molecule has 0 bridgehead atoms. The number of ether oxygens (including phenoxy) is 1. The predicted octanol–water partition coefficient (Wildman–Crippen LogP) is 4.06. The van der Waals surface area contributed by atoms with Crippen LogP contribution in [0.25, 0.3) is 6.08 Å². The summed E-state index contributed by atoms with van der Waals surface area (Å²) in [5, 5.41) is 3.08. The molecule has 0 aliphatic carbocycles. The number of halogens is 2. The maximum atomic E-state index is 12.8. The molecule has 0 aliphatic rings. The highest BCUT2D eigenvalue weighted by Crippen LogP contribution is 2.12. The first-order chi connectivity index (χ1) is 11.4. The van der Waals surface area contributed by atoms with Gasteiger partial charge in [-0.25, -0.2) is 9.18 Å². The highest BCUT2D eigenvalue weighted by molar-refractivity contribution is 6.30. The molecule has 0 radical (unpaired) electrons. The number of amides is 1. The number of hydrogen-bond donors (Lipinski definition) is 1. The number of rotatable bonds is 5. The first kappa shape index (κ1) is 17.7. The normalized spacial score (nSPS) is 12.0. The molecule has 24 heavy (non-hydrogen) atoms. The summed E-state index contributed by atoms with van der Waals surface area (Å²) >= 11 is 5.85. The van der Waals surface area contributed by atoms with Crippen LogP contribution in [0.5, 0.6) is 0 Å². The largest absolute Gasteiger partial charge is 0.449 e. The van der Waals surface area contributed by atoms with Crippen LogP contribution in [-0.4, -0.2) is 18.0 Å². The summed E-state index contributed by atoms with van der Waals surface area (Å²) < 4.78 is 17.8. The molecule has 0 heterocycles. The second-order valence-corrected chi connectivity index (χ2v) is 5.40. The monoisotopic (exact) mass is 347 g/mol. The summed E-state index contributed by atoms with van der Waals surface area (Å²) in [5.41, 5.74) is 1.15. The van der Waals surface area contributed by atoms with Gasteiger partial charge in [0.2, 0.25) is 0 Å². The van der Waals surface area contributed by atoms with Crippen molar-refractivity contribution in [3.8, 4) is 0 Å². The van der Waals surface area contributed by atoms with Crippen molar-refractivity contribution in [2.24, 2.45) is 0 Å². The lowest BCUT2D eigenvalue weighted by molar-refractivity contribution is -0.148. The minimum Gasteiger partial charge on any atom is -0.449 e. The van der Waals surface area contributed by atoms with E-state index in [-0.39, 0.29) is 0 Å². The van der Waals surface area contributed by atoms with Crippen LogP contribution in [0, 0.1) is 5.82 Å². The Morgan fingerprint density at radius 2 is 1.92 bits per heavy atom. The van der Waals surface area contributed by atoms with Gasteiger partial charge in [0.15, 0.2) is 6.10 Å². The van der Waals surface area contributed by atoms with Gasteiger partial charge in [-0.15, -0.1) is 0 Å². The average molecular weight is 348 g/mol. The van der Waals surface area contributed by atoms with Crippen LogP contribution in [0.1, 0.15) is 12.5 Å². The first-order valence-corrected chi connectivity index (χ1v) is 7.52. The van der Waals surface area contributed by atoms with Crippen molar-refractivity contribution in [3.05, 3.63) is 71.0 Å². The third-order valence-electron chi connectivity index (χ3n) is 3.03. The zero-order valence-electron chi connectivity index (χ0n) is 12.8. The molecule has 2 aromatic rings. The van der Waals surface area contributed by atoms with Gasteiger partial charge in [0, 0.05) is 16.8 Å². The SMILES string of the molecule is C[C@@H](OC(=O)/C=C/c1cccc(Cl)c1)C(=O)Nc1ccc(F)cc1. The van der Waals surface area contributed by atoms with Crippen molar-refractivity contribution in [1.29, 1.82) is 0 Å². The van der Waals surface area contributed by atoms with Crippen LogP contribution in [0.4, 0.5) is 10.1 Å². The zero-order chi connectivity index (χ0) is 17.5. The molecule has 0 saturated heterocycles. The lowest BCUT2D eigenvalue weighted by Crippen LogP contribution is -2.29. The Morgan fingerprint density at radius 1 is 1.21 bits per heavy atom. The van der Waals surface area contributed by atoms with Crippen LogP contribution in [0.2, 0.25) is 5.02 Å². The lowest BCUT2D eigenvalue weighted by atomic mass is 10.2. The molecule has 0 unspecified atom stereocenters. The fourth-order valence-electron chi connectivity index (χ4n) is 1.82. The lowest BCUT2D eigenvalue weighted by Gasteiger charge is -2.12. The standard InChI is InChI=1S/C18H15ClFNO3/c1-12(18(23)21-16-8-6-15(20)7-9-16)24-17(22)10-5-13-3-2-4-14(19)11-13/h2-12H,1H3,(H,21,23)/b10-5+/t12-/m1/s1. The maximum Gasteiger partial charge on any atom is 0.331 e. The Kier molecular flexibility index (Phi) is 6.09. The van der Waals surface area contributed by atoms with E-state index in [1.807, 2.05) is 0 Å². The second kappa shape index (κ2) is 8.26. The smallest absolute Gasteiger partial charge is 0.331 e. The topological polar surface area (TPSA) is 55.4 Å². The molecule has 0 aliphatic heterocycles. The van der Waals surface area contributed by atoms with E-state index in [2.05, 4.69) is 5.32 Å². The maximum absolute atomic E-state index is 12.8. The molecule has 0 saturated carbocycles. The summed E-state index contributed by atoms with van der Waals surface area (Å²) in [6.07, 6.45) is 1.76. The van der Waals surface area contributed by atoms with Crippen molar-refractivity contribution in [2.75, 3.05) is 5.32 Å². The number of nitrogens with one attached hydrogen (secondary N) is 1. The highest BCUT2D eigenvalue weighted by Gasteiger charge is 2.16. The van der Waals surface area contributed by atoms with Gasteiger partial charge >= 0.3 is 5.97 Å². The van der Waals surface area contributed by atoms with Crippen LogP contribution in [0.15, 0.2) is 54.6 Å². The Morgan fingerprint density at radius 3 is 2.58 bits per heavy atom. The van der Waals surface area contributed by atoms with E-state index in [1.165, 1.54) is 37.3 Å². The number of carbonyl (C=O) groups is 2. The number of hydrogen-bond acceptors (Lipinski definition) is 3. The quantitative estimate of drug-likeness (QED) is 0.655. The molecular weight excluding hydrogens is 333 g/mol. The molecule has 124 valence electrons. The zero-order valence-corrected chi connectivity index (χ0v) is 13.6. The van der Waals surface area contributed by atoms with E-state index in [0.717, 1.165) is 5.56 Å². The average Bonchev–Trinajstić information content (AvgIpc) is 2.55. The number of esters is 1. The molecule has 1 N–H and O–H groups in total. The van der Waals surface area contributed by atoms with Crippen LogP contribution in [-0.2, 0) is 14.3 Å². The molecule has 6 heteroatoms. The molecule has 2 rings (SSSR count). The first-order valence-electron chi connectivity index (χ1n) is 7.15. The van der Waals surface area contributed by atoms with Crippen LogP contribution < -0.4 is 5.32 Å². The predicted molar refractivity (Wildman–Crippen MR) is 91.1 cm³/mol. The number of anilines is 1. The van der Waals surface area contributed by atoms with Crippen molar-refractivity contribution >= 4 is 35.2 Å². The molecule has 2 aromatic carbocycles. The molecule has 1 amide bonds. The van der Waals surface area contributed by atoms with E-state index in [1.54, 1.807) is 30.3 Å². The third kappa shape index (κ3) is 5.52. The highest BCUT2D eigenvalue weighted by atomic mass is 35.5. The van der Waals surface area contributed by atoms with Crippen molar-refractivity contribution < 1.29 is 18.7 Å². The van der Waals surface area contributed by atoms with Gasteiger partial charge in [0.05, 0.1) is 0 Å². The summed E-state index contributed by atoms with van der Waals surface area (Å²) in [6, 6.07) is 12.2. The molecular formula is C18H15ClFNO3. The van der Waals surface area contributed by atoms with E-state index in [4.69, 9.17) is 16.3 Å². The molecule has 4 nitrogen and oxygen atoms in total. The second-order valence-electron chi connectivity index (χ2n) is 4.96. The minimum atomic E-state index is -0.994. The van der Waals surface area contributed by atoms with Crippen molar-refractivity contribution in [1.82, 2.24) is 0 Å².